The number of aldehydes is 1. The molecule has 0 aromatic carbocycles. The molecule has 0 radical (unpaired) electrons. The van der Waals surface area contributed by atoms with Gasteiger partial charge in [0.25, 0.3) is 0 Å². The van der Waals surface area contributed by atoms with Gasteiger partial charge in [0.05, 0.1) is 43.7 Å². The Kier molecular flexibility index (Phi) is 22.4. The molecular formula is C34H64N4O9. The second-order valence-corrected chi connectivity index (χ2v) is 14.0. The van der Waals surface area contributed by atoms with Gasteiger partial charge < -0.3 is 44.6 Å². The van der Waals surface area contributed by atoms with Crippen LogP contribution in [-0.2, 0) is 42.9 Å². The van der Waals surface area contributed by atoms with Crippen LogP contribution in [0, 0.1) is 17.8 Å². The zero-order valence-electron chi connectivity index (χ0n) is 30.7. The average molecular weight is 673 g/mol. The number of nitrogens with one attached hydrogen (secondary N) is 3. The molecule has 0 saturated carbocycles. The van der Waals surface area contributed by atoms with Crippen LogP contribution in [0.2, 0.25) is 0 Å². The molecule has 0 aromatic heterocycles. The molecule has 0 aliphatic carbocycles. The van der Waals surface area contributed by atoms with Gasteiger partial charge in [-0.1, -0.05) is 27.7 Å². The highest BCUT2D eigenvalue weighted by Gasteiger charge is 2.25. The quantitative estimate of drug-likeness (QED) is 0.0880. The molecule has 3 N–H and O–H groups in total. The summed E-state index contributed by atoms with van der Waals surface area (Å²) in [7, 11) is 3.19. The molecule has 0 bridgehead atoms. The summed E-state index contributed by atoms with van der Waals surface area (Å²) in [6, 6.07) is -0.547. The number of methoxy groups -OCH3 is 1. The van der Waals surface area contributed by atoms with E-state index in [0.29, 0.717) is 25.6 Å². The predicted octanol–water partition coefficient (Wildman–Crippen LogP) is 2.49. The molecule has 0 fully saturated rings. The Hall–Kier alpha value is -2.61. The average Bonchev–Trinajstić information content (AvgIpc) is 2.99. The first-order chi connectivity index (χ1) is 21.9. The molecule has 0 aliphatic heterocycles. The fourth-order valence-corrected chi connectivity index (χ4v) is 4.13. The van der Waals surface area contributed by atoms with Crippen molar-refractivity contribution in [2.75, 3.05) is 66.8 Å². The Balaban J connectivity index is 4.92. The summed E-state index contributed by atoms with van der Waals surface area (Å²) in [5.74, 6) is -0.756. The van der Waals surface area contributed by atoms with Crippen molar-refractivity contribution in [3.05, 3.63) is 0 Å². The number of nitrogens with zero attached hydrogens (tertiary/aromatic N) is 1. The van der Waals surface area contributed by atoms with E-state index in [1.807, 2.05) is 41.5 Å². The lowest BCUT2D eigenvalue weighted by Gasteiger charge is -2.26. The van der Waals surface area contributed by atoms with Crippen molar-refractivity contribution in [3.63, 3.8) is 0 Å². The number of hydrogen-bond donors (Lipinski definition) is 3. The second kappa shape index (κ2) is 23.7. The van der Waals surface area contributed by atoms with Crippen molar-refractivity contribution < 1.29 is 42.9 Å². The minimum absolute atomic E-state index is 0.00664. The monoisotopic (exact) mass is 672 g/mol. The van der Waals surface area contributed by atoms with Gasteiger partial charge >= 0.3 is 0 Å². The van der Waals surface area contributed by atoms with Crippen molar-refractivity contribution in [2.45, 2.75) is 105 Å². The first kappa shape index (κ1) is 44.4. The molecule has 13 nitrogen and oxygen atoms in total. The number of carbonyl (C=O) groups is 5. The van der Waals surface area contributed by atoms with Crippen molar-refractivity contribution >= 4 is 29.9 Å². The van der Waals surface area contributed by atoms with Gasteiger partial charge in [-0.3, -0.25) is 19.2 Å². The highest BCUT2D eigenvalue weighted by atomic mass is 16.5. The minimum atomic E-state index is -0.547. The van der Waals surface area contributed by atoms with Crippen LogP contribution < -0.4 is 16.0 Å². The van der Waals surface area contributed by atoms with Crippen molar-refractivity contribution in [1.29, 1.82) is 0 Å². The van der Waals surface area contributed by atoms with E-state index in [2.05, 4.69) is 29.8 Å². The summed E-state index contributed by atoms with van der Waals surface area (Å²) < 4.78 is 22.6. The van der Waals surface area contributed by atoms with Gasteiger partial charge in [0.15, 0.2) is 0 Å². The summed E-state index contributed by atoms with van der Waals surface area (Å²) >= 11 is 0. The molecule has 0 aromatic rings. The third kappa shape index (κ3) is 22.6. The molecule has 0 spiro atoms. The number of carbonyl (C=O) groups excluding carboxylic acids is 5. The molecule has 0 aliphatic rings. The van der Waals surface area contributed by atoms with Gasteiger partial charge in [0.2, 0.25) is 23.6 Å². The van der Waals surface area contributed by atoms with E-state index >= 15 is 0 Å². The predicted molar refractivity (Wildman–Crippen MR) is 181 cm³/mol. The smallest absolute Gasteiger partial charge is 0.226 e. The number of amides is 4. The highest BCUT2D eigenvalue weighted by Crippen LogP contribution is 2.17. The van der Waals surface area contributed by atoms with Gasteiger partial charge in [-0.15, -0.1) is 0 Å². The van der Waals surface area contributed by atoms with Crippen LogP contribution in [0.5, 0.6) is 0 Å². The number of hydrogen-bond acceptors (Lipinski definition) is 9. The molecule has 2 atom stereocenters. The fourth-order valence-electron chi connectivity index (χ4n) is 4.13. The Morgan fingerprint density at radius 2 is 1.32 bits per heavy atom. The van der Waals surface area contributed by atoms with E-state index in [4.69, 9.17) is 18.9 Å². The Morgan fingerprint density at radius 1 is 0.787 bits per heavy atom. The largest absolute Gasteiger partial charge is 0.379 e. The summed E-state index contributed by atoms with van der Waals surface area (Å²) in [5.41, 5.74) is -0.974. The molecule has 4 amide bonds. The van der Waals surface area contributed by atoms with Crippen molar-refractivity contribution in [3.8, 4) is 0 Å². The third-order valence-electron chi connectivity index (χ3n) is 7.64. The van der Waals surface area contributed by atoms with Crippen LogP contribution in [0.1, 0.15) is 87.5 Å². The van der Waals surface area contributed by atoms with Crippen LogP contribution in [0.15, 0.2) is 0 Å². The normalized spacial score (nSPS) is 13.3. The molecule has 0 heterocycles. The first-order valence-electron chi connectivity index (χ1n) is 16.8. The molecule has 13 heteroatoms. The summed E-state index contributed by atoms with van der Waals surface area (Å²) in [4.78, 5) is 62.7. The Bertz CT molecular complexity index is 941. The van der Waals surface area contributed by atoms with Crippen molar-refractivity contribution in [2.24, 2.45) is 17.8 Å². The topological polar surface area (TPSA) is 162 Å². The summed E-state index contributed by atoms with van der Waals surface area (Å²) in [6.07, 6.45) is 2.12. The fraction of sp³-hybridized carbons (Fsp3) is 0.853. The summed E-state index contributed by atoms with van der Waals surface area (Å²) in [6.45, 7) is 17.6. The highest BCUT2D eigenvalue weighted by molar-refractivity contribution is 5.82. The number of rotatable bonds is 27. The summed E-state index contributed by atoms with van der Waals surface area (Å²) in [5, 5.41) is 8.56. The zero-order valence-corrected chi connectivity index (χ0v) is 30.7. The lowest BCUT2D eigenvalue weighted by Crippen LogP contribution is -2.44. The molecular weight excluding hydrogens is 608 g/mol. The van der Waals surface area contributed by atoms with E-state index in [1.54, 1.807) is 14.2 Å². The molecule has 274 valence electrons. The van der Waals surface area contributed by atoms with Crippen molar-refractivity contribution in [1.82, 2.24) is 20.9 Å². The van der Waals surface area contributed by atoms with Gasteiger partial charge in [-0.05, 0) is 46.0 Å². The van der Waals surface area contributed by atoms with Gasteiger partial charge in [-0.2, -0.15) is 0 Å². The Morgan fingerprint density at radius 3 is 1.79 bits per heavy atom. The van der Waals surface area contributed by atoms with E-state index in [9.17, 15) is 24.0 Å². The van der Waals surface area contributed by atoms with E-state index in [-0.39, 0.29) is 88.2 Å². The number of ether oxygens (including phenoxy) is 4. The minimum Gasteiger partial charge on any atom is -0.379 e. The van der Waals surface area contributed by atoms with Gasteiger partial charge in [-0.25, -0.2) is 0 Å². The molecule has 0 rings (SSSR count). The SMILES string of the molecule is COC(C)(C)CNC(=O)CCOCC(COCCC(=O)NCC(C)(C)OCCC(C)C)NC(=O)CCN(C)C(=O)C(CC=O)C(C)C. The Labute approximate surface area is 282 Å². The maximum atomic E-state index is 12.8. The second-order valence-electron chi connectivity index (χ2n) is 14.0. The van der Waals surface area contributed by atoms with Crippen LogP contribution in [0.25, 0.3) is 0 Å². The molecule has 47 heavy (non-hydrogen) atoms. The maximum absolute atomic E-state index is 12.8. The lowest BCUT2D eigenvalue weighted by atomic mass is 9.92. The molecule has 0 saturated heterocycles. The maximum Gasteiger partial charge on any atom is 0.226 e. The van der Waals surface area contributed by atoms with Crippen LogP contribution in [-0.4, -0.2) is 119 Å². The van der Waals surface area contributed by atoms with Gasteiger partial charge in [0, 0.05) is 72.0 Å². The van der Waals surface area contributed by atoms with E-state index < -0.39 is 23.2 Å². The third-order valence-corrected chi connectivity index (χ3v) is 7.64. The van der Waals surface area contributed by atoms with E-state index in [0.717, 1.165) is 12.7 Å². The van der Waals surface area contributed by atoms with Crippen LogP contribution in [0.3, 0.4) is 0 Å². The van der Waals surface area contributed by atoms with Crippen LogP contribution >= 0.6 is 0 Å². The lowest BCUT2D eigenvalue weighted by molar-refractivity contribution is -0.137. The first-order valence-corrected chi connectivity index (χ1v) is 16.8. The zero-order chi connectivity index (χ0) is 36.0. The van der Waals surface area contributed by atoms with Gasteiger partial charge in [0.1, 0.15) is 6.29 Å². The standard InChI is InChI=1S/C34H64N4O9/c1-25(2)13-20-47-34(7,8)24-36-30(41)15-19-46-22-27(21-45-18-14-29(40)35-23-33(5,6)44-10)37-31(42)11-16-38(9)32(43)28(12-17-39)26(3)4/h17,25-28H,11-16,18-24H2,1-10H3,(H,35,40)(H,36,41)(H,37,42). The van der Waals surface area contributed by atoms with Crippen LogP contribution in [0.4, 0.5) is 0 Å². The van der Waals surface area contributed by atoms with E-state index in [1.165, 1.54) is 4.90 Å². The molecule has 2 unspecified atom stereocenters.